The summed E-state index contributed by atoms with van der Waals surface area (Å²) in [6.07, 6.45) is 1.44. The van der Waals surface area contributed by atoms with E-state index in [4.69, 9.17) is 5.11 Å². The molecule has 1 amide bonds. The smallest absolute Gasteiger partial charge is 0.407 e. The number of hydrogen-bond acceptors (Lipinski definition) is 4. The lowest BCUT2D eigenvalue weighted by atomic mass is 9.83. The molecule has 2 unspecified atom stereocenters. The minimum absolute atomic E-state index is 0.0731. The topological polar surface area (TPSA) is 69.6 Å². The maximum absolute atomic E-state index is 13.9. The minimum Gasteiger partial charge on any atom is -0.465 e. The Balaban J connectivity index is 1.64. The molecule has 0 radical (unpaired) electrons. The monoisotopic (exact) mass is 320 g/mol. The number of halogens is 2. The molecule has 120 valence electrons. The number of fused-ring (bicyclic) bond motifs is 2. The van der Waals surface area contributed by atoms with Gasteiger partial charge in [0, 0.05) is 25.6 Å². The predicted octanol–water partition coefficient (Wildman–Crippen LogP) is 2.10. The summed E-state index contributed by atoms with van der Waals surface area (Å²) in [6, 6.07) is 2.34. The van der Waals surface area contributed by atoms with Gasteiger partial charge in [0.2, 0.25) is 0 Å². The Bertz CT molecular complexity index is 800. The normalized spacial score (nSPS) is 23.6. The van der Waals surface area contributed by atoms with Gasteiger partial charge in [-0.05, 0) is 18.6 Å². The lowest BCUT2D eigenvalue weighted by molar-refractivity contribution is 0.0135. The van der Waals surface area contributed by atoms with Crippen LogP contribution in [0.4, 0.5) is 19.4 Å². The SMILES string of the molecule is O=C(O)N1CC2CCN(c3cnc4ccc(F)c(F)c4n3)CC21. The Morgan fingerprint density at radius 2 is 2.13 bits per heavy atom. The van der Waals surface area contributed by atoms with Crippen molar-refractivity contribution in [1.82, 2.24) is 14.9 Å². The van der Waals surface area contributed by atoms with Gasteiger partial charge in [0.05, 0.1) is 17.8 Å². The van der Waals surface area contributed by atoms with Gasteiger partial charge in [0.25, 0.3) is 0 Å². The molecule has 3 heterocycles. The molecular formula is C15H14F2N4O2. The van der Waals surface area contributed by atoms with E-state index in [9.17, 15) is 13.6 Å². The fourth-order valence-electron chi connectivity index (χ4n) is 3.39. The van der Waals surface area contributed by atoms with E-state index in [1.807, 2.05) is 4.90 Å². The van der Waals surface area contributed by atoms with E-state index < -0.39 is 17.7 Å². The zero-order chi connectivity index (χ0) is 16.1. The standard InChI is InChI=1S/C15H14F2N4O2/c16-9-1-2-10-14(13(9)17)19-12(5-18-10)20-4-3-8-6-21(15(22)23)11(8)7-20/h1-2,5,8,11H,3-4,6-7H2,(H,22,23). The third kappa shape index (κ3) is 2.16. The Hall–Kier alpha value is -2.51. The van der Waals surface area contributed by atoms with Gasteiger partial charge in [0.1, 0.15) is 11.3 Å². The highest BCUT2D eigenvalue weighted by atomic mass is 19.2. The van der Waals surface area contributed by atoms with Gasteiger partial charge in [0.15, 0.2) is 11.6 Å². The summed E-state index contributed by atoms with van der Waals surface area (Å²) in [5.41, 5.74) is 0.187. The zero-order valence-electron chi connectivity index (χ0n) is 12.1. The average Bonchev–Trinajstić information content (AvgIpc) is 2.52. The Morgan fingerprint density at radius 1 is 1.30 bits per heavy atom. The molecule has 1 aromatic heterocycles. The number of nitrogens with zero attached hydrogens (tertiary/aromatic N) is 4. The summed E-state index contributed by atoms with van der Waals surface area (Å²) >= 11 is 0. The van der Waals surface area contributed by atoms with Crippen molar-refractivity contribution in [3.63, 3.8) is 0 Å². The number of anilines is 1. The van der Waals surface area contributed by atoms with Crippen molar-refractivity contribution in [3.05, 3.63) is 30.0 Å². The van der Waals surface area contributed by atoms with Crippen LogP contribution in [0.3, 0.4) is 0 Å². The van der Waals surface area contributed by atoms with Crippen LogP contribution in [0.1, 0.15) is 6.42 Å². The van der Waals surface area contributed by atoms with Crippen molar-refractivity contribution >= 4 is 22.9 Å². The third-order valence-electron chi connectivity index (χ3n) is 4.72. The Labute approximate surface area is 130 Å². The van der Waals surface area contributed by atoms with Gasteiger partial charge in [-0.1, -0.05) is 0 Å². The first-order valence-electron chi connectivity index (χ1n) is 7.40. The molecule has 6 nitrogen and oxygen atoms in total. The molecule has 1 aromatic carbocycles. The molecule has 2 aliphatic rings. The van der Waals surface area contributed by atoms with Crippen molar-refractivity contribution < 1.29 is 18.7 Å². The quantitative estimate of drug-likeness (QED) is 0.871. The summed E-state index contributed by atoms with van der Waals surface area (Å²) in [5, 5.41) is 9.13. The van der Waals surface area contributed by atoms with Crippen molar-refractivity contribution in [2.24, 2.45) is 5.92 Å². The maximum Gasteiger partial charge on any atom is 0.407 e. The van der Waals surface area contributed by atoms with Gasteiger partial charge in [-0.15, -0.1) is 0 Å². The largest absolute Gasteiger partial charge is 0.465 e. The number of piperidine rings is 1. The maximum atomic E-state index is 13.9. The second-order valence-electron chi connectivity index (χ2n) is 5.95. The van der Waals surface area contributed by atoms with E-state index in [0.717, 1.165) is 12.5 Å². The summed E-state index contributed by atoms with van der Waals surface area (Å²) in [5.74, 6) is -1.16. The number of carbonyl (C=O) groups is 1. The molecule has 8 heteroatoms. The van der Waals surface area contributed by atoms with Crippen LogP contribution in [0.2, 0.25) is 0 Å². The first kappa shape index (κ1) is 14.1. The molecule has 0 saturated carbocycles. The lowest BCUT2D eigenvalue weighted by Crippen LogP contribution is -2.65. The predicted molar refractivity (Wildman–Crippen MR) is 78.3 cm³/mol. The second kappa shape index (κ2) is 5.00. The molecule has 2 fully saturated rings. The molecule has 23 heavy (non-hydrogen) atoms. The van der Waals surface area contributed by atoms with Crippen molar-refractivity contribution in [2.75, 3.05) is 24.5 Å². The molecular weight excluding hydrogens is 306 g/mol. The number of amides is 1. The van der Waals surface area contributed by atoms with Crippen molar-refractivity contribution in [3.8, 4) is 0 Å². The number of rotatable bonds is 1. The van der Waals surface area contributed by atoms with Crippen LogP contribution in [0, 0.1) is 17.6 Å². The van der Waals surface area contributed by atoms with E-state index in [1.54, 1.807) is 0 Å². The molecule has 0 spiro atoms. The molecule has 2 saturated heterocycles. The molecule has 4 rings (SSSR count). The van der Waals surface area contributed by atoms with Gasteiger partial charge in [-0.25, -0.2) is 18.6 Å². The first-order valence-corrected chi connectivity index (χ1v) is 7.40. The average molecular weight is 320 g/mol. The second-order valence-corrected chi connectivity index (χ2v) is 5.95. The van der Waals surface area contributed by atoms with E-state index in [0.29, 0.717) is 36.9 Å². The fraction of sp³-hybridized carbons (Fsp3) is 0.400. The molecule has 2 aliphatic heterocycles. The van der Waals surface area contributed by atoms with Gasteiger partial charge in [-0.3, -0.25) is 4.98 Å². The van der Waals surface area contributed by atoms with Crippen LogP contribution in [-0.2, 0) is 0 Å². The zero-order valence-corrected chi connectivity index (χ0v) is 12.1. The van der Waals surface area contributed by atoms with E-state index >= 15 is 0 Å². The number of benzene rings is 1. The first-order chi connectivity index (χ1) is 11.0. The van der Waals surface area contributed by atoms with Gasteiger partial charge in [-0.2, -0.15) is 0 Å². The van der Waals surface area contributed by atoms with Crippen LogP contribution in [0.5, 0.6) is 0 Å². The minimum atomic E-state index is -1.01. The Kier molecular flexibility index (Phi) is 3.07. The summed E-state index contributed by atoms with van der Waals surface area (Å²) < 4.78 is 27.2. The van der Waals surface area contributed by atoms with Gasteiger partial charge >= 0.3 is 6.09 Å². The number of hydrogen-bond donors (Lipinski definition) is 1. The highest BCUT2D eigenvalue weighted by Crippen LogP contribution is 2.34. The van der Waals surface area contributed by atoms with E-state index in [-0.39, 0.29) is 11.6 Å². The van der Waals surface area contributed by atoms with E-state index in [1.165, 1.54) is 17.2 Å². The molecule has 1 N–H and O–H groups in total. The van der Waals surface area contributed by atoms with Crippen molar-refractivity contribution in [1.29, 1.82) is 0 Å². The highest BCUT2D eigenvalue weighted by Gasteiger charge is 2.45. The summed E-state index contributed by atoms with van der Waals surface area (Å²) in [4.78, 5) is 22.7. The lowest BCUT2D eigenvalue weighted by Gasteiger charge is -2.52. The highest BCUT2D eigenvalue weighted by molar-refractivity contribution is 5.76. The molecule has 2 aromatic rings. The van der Waals surface area contributed by atoms with Crippen LogP contribution < -0.4 is 4.90 Å². The van der Waals surface area contributed by atoms with Crippen LogP contribution >= 0.6 is 0 Å². The number of likely N-dealkylation sites (tertiary alicyclic amines) is 1. The van der Waals surface area contributed by atoms with Gasteiger partial charge < -0.3 is 14.9 Å². The molecule has 0 bridgehead atoms. The van der Waals surface area contributed by atoms with Crippen LogP contribution in [0.25, 0.3) is 11.0 Å². The Morgan fingerprint density at radius 3 is 2.91 bits per heavy atom. The van der Waals surface area contributed by atoms with E-state index in [2.05, 4.69) is 9.97 Å². The third-order valence-corrected chi connectivity index (χ3v) is 4.72. The summed E-state index contributed by atoms with van der Waals surface area (Å²) in [7, 11) is 0. The van der Waals surface area contributed by atoms with Crippen LogP contribution in [-0.4, -0.2) is 51.7 Å². The number of carboxylic acid groups (broad SMARTS) is 1. The molecule has 2 atom stereocenters. The van der Waals surface area contributed by atoms with Crippen LogP contribution in [0.15, 0.2) is 18.3 Å². The molecule has 0 aliphatic carbocycles. The summed E-state index contributed by atoms with van der Waals surface area (Å²) in [6.45, 7) is 1.76. The number of aromatic nitrogens is 2. The fourth-order valence-corrected chi connectivity index (χ4v) is 3.39. The van der Waals surface area contributed by atoms with Crippen molar-refractivity contribution in [2.45, 2.75) is 12.5 Å².